The summed E-state index contributed by atoms with van der Waals surface area (Å²) in [7, 11) is 0. The van der Waals surface area contributed by atoms with Crippen molar-refractivity contribution in [2.45, 2.75) is 13.3 Å². The van der Waals surface area contributed by atoms with Gasteiger partial charge in [0.2, 0.25) is 0 Å². The Kier molecular flexibility index (Phi) is 5.88. The fourth-order valence-corrected chi connectivity index (χ4v) is 4.51. The van der Waals surface area contributed by atoms with Gasteiger partial charge in [0, 0.05) is 18.3 Å². The molecule has 0 radical (unpaired) electrons. The largest absolute Gasteiger partial charge is 0.324 e. The normalized spacial score (nSPS) is 10.9. The number of anilines is 2. The maximum absolute atomic E-state index is 13.5. The van der Waals surface area contributed by atoms with Crippen molar-refractivity contribution in [2.75, 3.05) is 10.6 Å². The number of aryl methyl sites for hydroxylation is 1. The number of urea groups is 1. The number of carbonyl (C=O) groups is 1. The summed E-state index contributed by atoms with van der Waals surface area (Å²) in [5.41, 5.74) is 4.41. The first-order valence-electron chi connectivity index (χ1n) is 10.7. The molecular formula is C26H21N5O2S. The smallest absolute Gasteiger partial charge is 0.308 e. The molecule has 34 heavy (non-hydrogen) atoms. The van der Waals surface area contributed by atoms with Crippen molar-refractivity contribution in [3.8, 4) is 5.69 Å². The standard InChI is InChI=1S/C26H21N5O2S/c1-17-12-14-34-24(17)30-26(33)28-19-9-5-10-20(16-19)31-23-21(11-6-13-27-23)29-22(25(31)32)15-18-7-3-2-4-8-18/h2-14,16H,15H2,1H3,(H2,28,30,33). The zero-order valence-corrected chi connectivity index (χ0v) is 19.2. The van der Waals surface area contributed by atoms with Gasteiger partial charge < -0.3 is 5.32 Å². The molecule has 0 spiro atoms. The average molecular weight is 468 g/mol. The molecule has 0 unspecified atom stereocenters. The SMILES string of the molecule is Cc1ccsc1NC(=O)Nc1cccc(-n2c(=O)c(Cc3ccccc3)nc3cccnc32)c1. The van der Waals surface area contributed by atoms with E-state index >= 15 is 0 Å². The molecule has 0 bridgehead atoms. The van der Waals surface area contributed by atoms with Gasteiger partial charge in [0.1, 0.15) is 11.2 Å². The second-order valence-corrected chi connectivity index (χ2v) is 8.69. The molecule has 3 heterocycles. The van der Waals surface area contributed by atoms with Crippen LogP contribution in [0, 0.1) is 6.92 Å². The van der Waals surface area contributed by atoms with Crippen molar-refractivity contribution < 1.29 is 4.79 Å². The fourth-order valence-electron chi connectivity index (χ4n) is 3.70. The molecule has 0 aliphatic heterocycles. The van der Waals surface area contributed by atoms with Gasteiger partial charge in [-0.1, -0.05) is 36.4 Å². The predicted molar refractivity (Wildman–Crippen MR) is 136 cm³/mol. The van der Waals surface area contributed by atoms with Gasteiger partial charge in [-0.15, -0.1) is 11.3 Å². The molecule has 8 heteroatoms. The van der Waals surface area contributed by atoms with E-state index in [0.29, 0.717) is 34.7 Å². The van der Waals surface area contributed by atoms with Gasteiger partial charge in [-0.3, -0.25) is 14.7 Å². The molecule has 0 aliphatic carbocycles. The summed E-state index contributed by atoms with van der Waals surface area (Å²) < 4.78 is 1.55. The van der Waals surface area contributed by atoms with Crippen LogP contribution in [0.15, 0.2) is 89.2 Å². The van der Waals surface area contributed by atoms with Crippen LogP contribution < -0.4 is 16.2 Å². The maximum Gasteiger partial charge on any atom is 0.324 e. The number of pyridine rings is 1. The van der Waals surface area contributed by atoms with E-state index in [0.717, 1.165) is 16.1 Å². The highest BCUT2D eigenvalue weighted by Crippen LogP contribution is 2.23. The van der Waals surface area contributed by atoms with E-state index < -0.39 is 0 Å². The Morgan fingerprint density at radius 3 is 2.65 bits per heavy atom. The Labute approximate surface area is 199 Å². The third kappa shape index (κ3) is 4.44. The monoisotopic (exact) mass is 467 g/mol. The highest BCUT2D eigenvalue weighted by atomic mass is 32.1. The summed E-state index contributed by atoms with van der Waals surface area (Å²) >= 11 is 1.46. The van der Waals surface area contributed by atoms with Crippen LogP contribution in [0.5, 0.6) is 0 Å². The van der Waals surface area contributed by atoms with Gasteiger partial charge in [0.15, 0.2) is 5.65 Å². The lowest BCUT2D eigenvalue weighted by molar-refractivity contribution is 0.262. The fraction of sp³-hybridized carbons (Fsp3) is 0.0769. The number of fused-ring (bicyclic) bond motifs is 1. The minimum Gasteiger partial charge on any atom is -0.308 e. The Bertz CT molecular complexity index is 1540. The summed E-state index contributed by atoms with van der Waals surface area (Å²) in [5.74, 6) is 0. The van der Waals surface area contributed by atoms with Gasteiger partial charge in [-0.05, 0) is 59.8 Å². The van der Waals surface area contributed by atoms with Crippen molar-refractivity contribution in [1.29, 1.82) is 0 Å². The van der Waals surface area contributed by atoms with E-state index in [9.17, 15) is 9.59 Å². The molecule has 5 rings (SSSR count). The van der Waals surface area contributed by atoms with Crippen LogP contribution in [0.2, 0.25) is 0 Å². The van der Waals surface area contributed by atoms with Crippen LogP contribution in [-0.4, -0.2) is 20.6 Å². The summed E-state index contributed by atoms with van der Waals surface area (Å²) in [6.07, 6.45) is 2.04. The lowest BCUT2D eigenvalue weighted by Gasteiger charge is -2.13. The molecule has 0 aliphatic rings. The molecule has 3 aromatic heterocycles. The molecule has 2 N–H and O–H groups in total. The second-order valence-electron chi connectivity index (χ2n) is 7.77. The van der Waals surface area contributed by atoms with Crippen LogP contribution in [0.25, 0.3) is 16.9 Å². The number of benzene rings is 2. The topological polar surface area (TPSA) is 88.9 Å². The molecular weight excluding hydrogens is 446 g/mol. The number of nitrogens with zero attached hydrogens (tertiary/aromatic N) is 3. The number of thiophene rings is 1. The highest BCUT2D eigenvalue weighted by Gasteiger charge is 2.15. The number of rotatable bonds is 5. The van der Waals surface area contributed by atoms with Crippen molar-refractivity contribution >= 4 is 39.2 Å². The Morgan fingerprint density at radius 2 is 1.85 bits per heavy atom. The Hall–Kier alpha value is -4.30. The Balaban J connectivity index is 1.52. The number of nitrogens with one attached hydrogen (secondary N) is 2. The molecule has 0 fully saturated rings. The summed E-state index contributed by atoms with van der Waals surface area (Å²) in [6.45, 7) is 1.94. The molecule has 7 nitrogen and oxygen atoms in total. The first-order chi connectivity index (χ1) is 16.6. The van der Waals surface area contributed by atoms with E-state index in [2.05, 4.69) is 20.6 Å². The first kappa shape index (κ1) is 21.5. The zero-order valence-electron chi connectivity index (χ0n) is 18.4. The maximum atomic E-state index is 13.5. The van der Waals surface area contributed by atoms with Crippen molar-refractivity contribution in [3.05, 3.63) is 112 Å². The lowest BCUT2D eigenvalue weighted by Crippen LogP contribution is -2.25. The van der Waals surface area contributed by atoms with E-state index in [1.807, 2.05) is 60.8 Å². The predicted octanol–water partition coefficient (Wildman–Crippen LogP) is 5.39. The molecule has 5 aromatic rings. The minimum atomic E-state index is -0.350. The van der Waals surface area contributed by atoms with Crippen LogP contribution in [0.4, 0.5) is 15.5 Å². The van der Waals surface area contributed by atoms with Crippen LogP contribution in [0.3, 0.4) is 0 Å². The van der Waals surface area contributed by atoms with Crippen molar-refractivity contribution in [1.82, 2.24) is 14.5 Å². The summed E-state index contributed by atoms with van der Waals surface area (Å²) in [5, 5.41) is 8.41. The average Bonchev–Trinajstić information content (AvgIpc) is 3.24. The molecule has 2 amide bonds. The zero-order chi connectivity index (χ0) is 23.5. The van der Waals surface area contributed by atoms with Crippen molar-refractivity contribution in [3.63, 3.8) is 0 Å². The van der Waals surface area contributed by atoms with Gasteiger partial charge in [-0.2, -0.15) is 0 Å². The summed E-state index contributed by atoms with van der Waals surface area (Å²) in [6, 6.07) is 22.1. The number of amides is 2. The van der Waals surface area contributed by atoms with Crippen molar-refractivity contribution in [2.24, 2.45) is 0 Å². The lowest BCUT2D eigenvalue weighted by atomic mass is 10.1. The van der Waals surface area contributed by atoms with Crippen LogP contribution >= 0.6 is 11.3 Å². The molecule has 2 aromatic carbocycles. The Morgan fingerprint density at radius 1 is 1.00 bits per heavy atom. The number of carbonyl (C=O) groups excluding carboxylic acids is 1. The molecule has 0 saturated heterocycles. The number of hydrogen-bond donors (Lipinski definition) is 2. The summed E-state index contributed by atoms with van der Waals surface area (Å²) in [4.78, 5) is 35.1. The van der Waals surface area contributed by atoms with Gasteiger partial charge in [0.05, 0.1) is 10.7 Å². The van der Waals surface area contributed by atoms with Crippen LogP contribution in [-0.2, 0) is 6.42 Å². The second kappa shape index (κ2) is 9.29. The third-order valence-electron chi connectivity index (χ3n) is 5.35. The number of hydrogen-bond acceptors (Lipinski definition) is 5. The third-order valence-corrected chi connectivity index (χ3v) is 6.28. The van der Waals surface area contributed by atoms with Gasteiger partial charge in [-0.25, -0.2) is 14.8 Å². The quantitative estimate of drug-likeness (QED) is 0.363. The molecule has 0 saturated carbocycles. The highest BCUT2D eigenvalue weighted by molar-refractivity contribution is 7.14. The van der Waals surface area contributed by atoms with E-state index in [4.69, 9.17) is 0 Å². The van der Waals surface area contributed by atoms with Gasteiger partial charge in [0.25, 0.3) is 5.56 Å². The molecule has 0 atom stereocenters. The minimum absolute atomic E-state index is 0.245. The van der Waals surface area contributed by atoms with Gasteiger partial charge >= 0.3 is 6.03 Å². The van der Waals surface area contributed by atoms with E-state index in [-0.39, 0.29) is 11.6 Å². The van der Waals surface area contributed by atoms with Crippen LogP contribution in [0.1, 0.15) is 16.8 Å². The first-order valence-corrected chi connectivity index (χ1v) is 11.6. The number of aromatic nitrogens is 3. The molecule has 168 valence electrons. The van der Waals surface area contributed by atoms with E-state index in [1.165, 1.54) is 11.3 Å². The van der Waals surface area contributed by atoms with E-state index in [1.54, 1.807) is 35.0 Å².